The van der Waals surface area contributed by atoms with E-state index < -0.39 is 7.60 Å². The molecule has 0 heterocycles. The van der Waals surface area contributed by atoms with Crippen LogP contribution in [0.4, 0.5) is 0 Å². The van der Waals surface area contributed by atoms with E-state index in [2.05, 4.69) is 0 Å². The highest BCUT2D eigenvalue weighted by Gasteiger charge is 2.38. The van der Waals surface area contributed by atoms with Crippen molar-refractivity contribution in [2.75, 3.05) is 6.16 Å². The number of hydrogen-bond acceptors (Lipinski definition) is 4. The number of carbonyl (C=O) groups excluding carboxylic acids is 1. The van der Waals surface area contributed by atoms with Crippen molar-refractivity contribution in [3.63, 3.8) is 0 Å². The van der Waals surface area contributed by atoms with Gasteiger partial charge >= 0.3 is 7.60 Å². The van der Waals surface area contributed by atoms with Crippen molar-refractivity contribution in [3.8, 4) is 0 Å². The van der Waals surface area contributed by atoms with Crippen LogP contribution < -0.4 is 0 Å². The van der Waals surface area contributed by atoms with Crippen LogP contribution in [-0.4, -0.2) is 24.7 Å². The minimum absolute atomic E-state index is 0.144. The molecule has 0 atom stereocenters. The first-order valence-electron chi connectivity index (χ1n) is 5.61. The number of rotatable bonds is 8. The first-order chi connectivity index (χ1) is 7.22. The molecule has 2 rings (SSSR count). The molecule has 0 bridgehead atoms. The zero-order valence-corrected chi connectivity index (χ0v) is 9.66. The second kappa shape index (κ2) is 4.77. The predicted molar refractivity (Wildman–Crippen MR) is 56.0 cm³/mol. The van der Waals surface area contributed by atoms with Gasteiger partial charge in [0.1, 0.15) is 6.29 Å². The molecular weight excluding hydrogens is 215 g/mol. The molecular formula is C10H17O4P. The van der Waals surface area contributed by atoms with E-state index in [1.54, 1.807) is 0 Å². The van der Waals surface area contributed by atoms with E-state index >= 15 is 0 Å². The lowest BCUT2D eigenvalue weighted by atomic mass is 10.4. The van der Waals surface area contributed by atoms with Crippen LogP contribution >= 0.6 is 7.60 Å². The maximum atomic E-state index is 12.2. The fraction of sp³-hybridized carbons (Fsp3) is 0.900. The van der Waals surface area contributed by atoms with Gasteiger partial charge in [-0.25, -0.2) is 0 Å². The van der Waals surface area contributed by atoms with Crippen LogP contribution in [0, 0.1) is 0 Å². The van der Waals surface area contributed by atoms with E-state index in [1.807, 2.05) is 0 Å². The average molecular weight is 232 g/mol. The van der Waals surface area contributed by atoms with Crippen molar-refractivity contribution in [1.82, 2.24) is 0 Å². The zero-order chi connectivity index (χ0) is 10.7. The topological polar surface area (TPSA) is 52.6 Å². The van der Waals surface area contributed by atoms with Gasteiger partial charge in [-0.1, -0.05) is 0 Å². The highest BCUT2D eigenvalue weighted by atomic mass is 31.2. The largest absolute Gasteiger partial charge is 0.331 e. The lowest BCUT2D eigenvalue weighted by molar-refractivity contribution is -0.107. The summed E-state index contributed by atoms with van der Waals surface area (Å²) in [6.07, 6.45) is 6.52. The molecule has 0 spiro atoms. The molecule has 4 nitrogen and oxygen atoms in total. The van der Waals surface area contributed by atoms with Gasteiger partial charge in [-0.15, -0.1) is 0 Å². The molecule has 0 unspecified atom stereocenters. The van der Waals surface area contributed by atoms with Gasteiger partial charge in [0.25, 0.3) is 0 Å². The van der Waals surface area contributed by atoms with Crippen LogP contribution in [0.2, 0.25) is 0 Å². The number of carbonyl (C=O) groups is 1. The van der Waals surface area contributed by atoms with Crippen LogP contribution in [0.15, 0.2) is 0 Å². The Morgan fingerprint density at radius 2 is 1.67 bits per heavy atom. The first kappa shape index (κ1) is 11.3. The monoisotopic (exact) mass is 232 g/mol. The molecule has 0 saturated heterocycles. The summed E-state index contributed by atoms with van der Waals surface area (Å²) in [5, 5.41) is 0. The van der Waals surface area contributed by atoms with Gasteiger partial charge in [0.2, 0.25) is 0 Å². The summed E-state index contributed by atoms with van der Waals surface area (Å²) in [5.74, 6) is 0. The molecule has 2 fully saturated rings. The van der Waals surface area contributed by atoms with Crippen molar-refractivity contribution in [2.45, 2.75) is 50.7 Å². The van der Waals surface area contributed by atoms with Gasteiger partial charge < -0.3 is 13.8 Å². The molecule has 0 aromatic heterocycles. The van der Waals surface area contributed by atoms with Gasteiger partial charge in [0, 0.05) is 6.42 Å². The molecule has 15 heavy (non-hydrogen) atoms. The normalized spacial score (nSPS) is 21.6. The molecule has 0 radical (unpaired) electrons. The molecule has 0 amide bonds. The summed E-state index contributed by atoms with van der Waals surface area (Å²) in [5.41, 5.74) is 0. The van der Waals surface area contributed by atoms with E-state index in [-0.39, 0.29) is 12.2 Å². The van der Waals surface area contributed by atoms with Crippen LogP contribution in [0.3, 0.4) is 0 Å². The van der Waals surface area contributed by atoms with Crippen molar-refractivity contribution in [1.29, 1.82) is 0 Å². The second-order valence-electron chi connectivity index (χ2n) is 4.25. The molecule has 0 aromatic rings. The number of aldehydes is 1. The van der Waals surface area contributed by atoms with E-state index in [9.17, 15) is 9.36 Å². The molecule has 2 saturated carbocycles. The lowest BCUT2D eigenvalue weighted by Gasteiger charge is -2.17. The van der Waals surface area contributed by atoms with Gasteiger partial charge in [0.15, 0.2) is 0 Å². The molecule has 5 heteroatoms. The van der Waals surface area contributed by atoms with E-state index in [0.717, 1.165) is 32.0 Å². The minimum Gasteiger partial charge on any atom is -0.305 e. The standard InChI is InChI=1S/C10H17O4P/c11-7-1-2-8-15(12,13-9-3-4-9)14-10-5-6-10/h7,9-10H,1-6,8H2. The van der Waals surface area contributed by atoms with Gasteiger partial charge in [0.05, 0.1) is 18.4 Å². The molecule has 86 valence electrons. The van der Waals surface area contributed by atoms with Crippen molar-refractivity contribution >= 4 is 13.9 Å². The van der Waals surface area contributed by atoms with Crippen LogP contribution in [0.1, 0.15) is 38.5 Å². The maximum absolute atomic E-state index is 12.2. The quantitative estimate of drug-likeness (QED) is 0.366. The molecule has 2 aliphatic rings. The average Bonchev–Trinajstić information content (AvgIpc) is 3.02. The highest BCUT2D eigenvalue weighted by Crippen LogP contribution is 2.56. The third-order valence-electron chi connectivity index (χ3n) is 2.42. The Balaban J connectivity index is 1.80. The van der Waals surface area contributed by atoms with Crippen LogP contribution in [-0.2, 0) is 18.4 Å². The Hall–Kier alpha value is -0.180. The molecule has 0 N–H and O–H groups in total. The number of hydrogen-bond donors (Lipinski definition) is 0. The minimum atomic E-state index is -2.90. The van der Waals surface area contributed by atoms with Crippen molar-refractivity contribution in [2.24, 2.45) is 0 Å². The zero-order valence-electron chi connectivity index (χ0n) is 8.76. The highest BCUT2D eigenvalue weighted by molar-refractivity contribution is 7.53. The fourth-order valence-electron chi connectivity index (χ4n) is 1.30. The van der Waals surface area contributed by atoms with Crippen LogP contribution in [0.5, 0.6) is 0 Å². The van der Waals surface area contributed by atoms with Gasteiger partial charge in [-0.05, 0) is 32.1 Å². The van der Waals surface area contributed by atoms with Crippen molar-refractivity contribution < 1.29 is 18.4 Å². The SMILES string of the molecule is O=CCCCP(=O)(OC1CC1)OC1CC1. The molecule has 0 aliphatic heterocycles. The summed E-state index contributed by atoms with van der Waals surface area (Å²) in [6, 6.07) is 0. The van der Waals surface area contributed by atoms with Crippen molar-refractivity contribution in [3.05, 3.63) is 0 Å². The Bertz CT molecular complexity index is 253. The third kappa shape index (κ3) is 4.06. The predicted octanol–water partition coefficient (Wildman–Crippen LogP) is 2.52. The smallest absolute Gasteiger partial charge is 0.305 e. The van der Waals surface area contributed by atoms with E-state index in [0.29, 0.717) is 19.0 Å². The first-order valence-corrected chi connectivity index (χ1v) is 7.34. The lowest BCUT2D eigenvalue weighted by Crippen LogP contribution is -2.03. The Morgan fingerprint density at radius 3 is 2.07 bits per heavy atom. The summed E-state index contributed by atoms with van der Waals surface area (Å²) in [7, 11) is -2.90. The summed E-state index contributed by atoms with van der Waals surface area (Å²) < 4.78 is 23.2. The summed E-state index contributed by atoms with van der Waals surface area (Å²) in [6.45, 7) is 0. The van der Waals surface area contributed by atoms with E-state index in [1.165, 1.54) is 0 Å². The van der Waals surface area contributed by atoms with E-state index in [4.69, 9.17) is 9.05 Å². The third-order valence-corrected chi connectivity index (χ3v) is 4.52. The van der Waals surface area contributed by atoms with Crippen LogP contribution in [0.25, 0.3) is 0 Å². The fourth-order valence-corrected chi connectivity index (χ4v) is 3.46. The Labute approximate surface area is 89.9 Å². The second-order valence-corrected chi connectivity index (χ2v) is 6.34. The maximum Gasteiger partial charge on any atom is 0.331 e. The van der Waals surface area contributed by atoms with Gasteiger partial charge in [-0.2, -0.15) is 0 Å². The molecule has 2 aliphatic carbocycles. The Kier molecular flexibility index (Phi) is 3.60. The van der Waals surface area contributed by atoms with Gasteiger partial charge in [-0.3, -0.25) is 4.57 Å². The number of unbranched alkanes of at least 4 members (excludes halogenated alkanes) is 1. The summed E-state index contributed by atoms with van der Waals surface area (Å²) in [4.78, 5) is 10.2. The summed E-state index contributed by atoms with van der Waals surface area (Å²) >= 11 is 0. The molecule has 0 aromatic carbocycles. The Morgan fingerprint density at radius 1 is 1.13 bits per heavy atom.